The predicted octanol–water partition coefficient (Wildman–Crippen LogP) is 9.38. The minimum Gasteiger partial charge on any atom is -0.477 e. The molecule has 0 amide bonds. The highest BCUT2D eigenvalue weighted by molar-refractivity contribution is 7.26. The maximum absolute atomic E-state index is 14.8. The van der Waals surface area contributed by atoms with Gasteiger partial charge in [0.2, 0.25) is 0 Å². The fourth-order valence-electron chi connectivity index (χ4n) is 3.97. The van der Waals surface area contributed by atoms with Crippen LogP contribution in [-0.2, 0) is 9.53 Å². The van der Waals surface area contributed by atoms with Crippen LogP contribution in [0.5, 0.6) is 0 Å². The number of nitriles is 1. The number of aliphatic carboxylic acids is 1. The van der Waals surface area contributed by atoms with Crippen molar-refractivity contribution in [1.29, 1.82) is 5.26 Å². The van der Waals surface area contributed by atoms with Crippen LogP contribution in [-0.4, -0.2) is 25.2 Å². The molecule has 1 aliphatic rings. The van der Waals surface area contributed by atoms with Gasteiger partial charge in [-0.2, -0.15) is 9.65 Å². The van der Waals surface area contributed by atoms with E-state index in [0.29, 0.717) is 6.08 Å². The van der Waals surface area contributed by atoms with E-state index in [4.69, 9.17) is 15.1 Å². The number of thiophene rings is 3. The Morgan fingerprint density at radius 1 is 0.833 bits per heavy atom. The summed E-state index contributed by atoms with van der Waals surface area (Å²) in [5, 5.41) is 18.2. The van der Waals surface area contributed by atoms with Crippen LogP contribution in [0.25, 0.3) is 37.7 Å². The molecule has 4 heterocycles. The van der Waals surface area contributed by atoms with Crippen LogP contribution in [0.4, 0.5) is 14.5 Å². The highest BCUT2D eigenvalue weighted by atomic mass is 32.1. The van der Waals surface area contributed by atoms with E-state index >= 15 is 0 Å². The fourth-order valence-corrected chi connectivity index (χ4v) is 6.98. The van der Waals surface area contributed by atoms with Crippen LogP contribution in [0.2, 0.25) is 0 Å². The first-order valence-electron chi connectivity index (χ1n) is 12.5. The number of carbonyl (C=O) groups is 1. The molecule has 10 heteroatoms. The number of carboxylic acid groups (broad SMARTS) is 1. The Bertz CT molecular complexity index is 1840. The first-order chi connectivity index (χ1) is 20.2. The van der Waals surface area contributed by atoms with Crippen molar-refractivity contribution in [3.05, 3.63) is 117 Å². The summed E-state index contributed by atoms with van der Waals surface area (Å²) >= 11 is 4.84. The van der Waals surface area contributed by atoms with Crippen molar-refractivity contribution in [3.8, 4) is 25.6 Å². The fraction of sp³-hybridized carbons (Fsp3) is 0.0625. The van der Waals surface area contributed by atoms with Crippen LogP contribution in [0.15, 0.2) is 102 Å². The topological polar surface area (TPSA) is 73.6 Å². The lowest BCUT2D eigenvalue weighted by atomic mass is 10.1. The number of allylic oxidation sites excluding steroid dienone is 4. The minimum absolute atomic E-state index is 0.513. The first kappa shape index (κ1) is 29.0. The minimum atomic E-state index is -1.66. The van der Waals surface area contributed by atoms with Crippen molar-refractivity contribution < 1.29 is 23.4 Å². The summed E-state index contributed by atoms with van der Waals surface area (Å²) in [4.78, 5) is 19.6. The predicted molar refractivity (Wildman–Crippen MR) is 168 cm³/mol. The van der Waals surface area contributed by atoms with Crippen LogP contribution >= 0.6 is 34.0 Å². The average Bonchev–Trinajstić information content (AvgIpc) is 3.74. The van der Waals surface area contributed by atoms with Gasteiger partial charge in [0.1, 0.15) is 11.6 Å². The molecule has 0 unspecified atom stereocenters. The standard InChI is InChI=1S/C32H22F2N2O3S3/c1-36(2)20-6-3-19(4-7-20)5-8-21-10-13-26(40-21)28-15-16-29(42-28)27-14-11-22(41-27)9-12-25-31(34)23(17-30(33)39-25)24(18-35)32(37)38/h3-17H,1-2H3,(H,37,38)/b8-5+,12-9+,24-23-. The molecule has 1 aliphatic heterocycles. The Morgan fingerprint density at radius 2 is 1.38 bits per heavy atom. The number of nitrogens with zero attached hydrogens (tertiary/aromatic N) is 2. The van der Waals surface area contributed by atoms with Gasteiger partial charge in [0.15, 0.2) is 11.6 Å². The third-order valence-electron chi connectivity index (χ3n) is 6.11. The Labute approximate surface area is 253 Å². The number of halogens is 2. The number of anilines is 1. The second-order valence-electron chi connectivity index (χ2n) is 9.15. The summed E-state index contributed by atoms with van der Waals surface area (Å²) < 4.78 is 33.6. The molecule has 1 N–H and O–H groups in total. The van der Waals surface area contributed by atoms with Crippen LogP contribution < -0.4 is 4.90 Å². The summed E-state index contributed by atoms with van der Waals surface area (Å²) in [6.07, 6.45) is 7.53. The molecule has 0 fully saturated rings. The van der Waals surface area contributed by atoms with E-state index in [9.17, 15) is 13.6 Å². The molecule has 0 spiro atoms. The number of hydrogen-bond donors (Lipinski definition) is 1. The lowest BCUT2D eigenvalue weighted by molar-refractivity contribution is -0.132. The molecule has 1 aromatic carbocycles. The molecule has 5 rings (SSSR count). The van der Waals surface area contributed by atoms with Crippen molar-refractivity contribution in [2.45, 2.75) is 0 Å². The highest BCUT2D eigenvalue weighted by Crippen LogP contribution is 2.40. The van der Waals surface area contributed by atoms with Gasteiger partial charge < -0.3 is 14.7 Å². The molecule has 0 aliphatic carbocycles. The van der Waals surface area contributed by atoms with E-state index in [1.807, 2.05) is 26.2 Å². The number of carboxylic acids is 1. The molecule has 4 aromatic rings. The molecule has 0 saturated carbocycles. The van der Waals surface area contributed by atoms with E-state index in [1.165, 1.54) is 28.4 Å². The number of ether oxygens (including phenoxy) is 1. The maximum Gasteiger partial charge on any atom is 0.347 e. The molecular formula is C32H22F2N2O3S3. The van der Waals surface area contributed by atoms with Crippen LogP contribution in [0.3, 0.4) is 0 Å². The van der Waals surface area contributed by atoms with Gasteiger partial charge in [-0.1, -0.05) is 18.2 Å². The Kier molecular flexibility index (Phi) is 8.64. The van der Waals surface area contributed by atoms with Crippen molar-refractivity contribution in [1.82, 2.24) is 0 Å². The van der Waals surface area contributed by atoms with E-state index in [-0.39, 0.29) is 0 Å². The zero-order valence-electron chi connectivity index (χ0n) is 22.3. The van der Waals surface area contributed by atoms with Crippen molar-refractivity contribution in [3.63, 3.8) is 0 Å². The second kappa shape index (κ2) is 12.5. The van der Waals surface area contributed by atoms with Gasteiger partial charge in [0.25, 0.3) is 6.01 Å². The van der Waals surface area contributed by atoms with Gasteiger partial charge in [-0.05, 0) is 72.3 Å². The molecule has 0 atom stereocenters. The number of benzene rings is 1. The zero-order chi connectivity index (χ0) is 29.8. The van der Waals surface area contributed by atoms with Crippen molar-refractivity contribution >= 4 is 63.9 Å². The van der Waals surface area contributed by atoms with Gasteiger partial charge in [-0.15, -0.1) is 34.0 Å². The van der Waals surface area contributed by atoms with Crippen molar-refractivity contribution in [2.75, 3.05) is 19.0 Å². The average molecular weight is 617 g/mol. The Hall–Kier alpha value is -4.56. The van der Waals surface area contributed by atoms with Gasteiger partial charge in [-0.3, -0.25) is 0 Å². The van der Waals surface area contributed by atoms with Gasteiger partial charge in [-0.25, -0.2) is 9.18 Å². The van der Waals surface area contributed by atoms with Crippen LogP contribution in [0.1, 0.15) is 15.3 Å². The van der Waals surface area contributed by atoms with E-state index in [1.54, 1.807) is 28.7 Å². The molecule has 0 bridgehead atoms. The number of hydrogen-bond acceptors (Lipinski definition) is 7. The first-order valence-corrected chi connectivity index (χ1v) is 14.9. The smallest absolute Gasteiger partial charge is 0.347 e. The van der Waals surface area contributed by atoms with Gasteiger partial charge in [0.05, 0.1) is 0 Å². The van der Waals surface area contributed by atoms with E-state index in [2.05, 4.69) is 65.6 Å². The molecule has 0 saturated heterocycles. The molecule has 5 nitrogen and oxygen atoms in total. The lowest BCUT2D eigenvalue weighted by Gasteiger charge is -2.13. The van der Waals surface area contributed by atoms with E-state index in [0.717, 1.165) is 35.6 Å². The molecule has 210 valence electrons. The Morgan fingerprint density at radius 3 is 1.93 bits per heavy atom. The molecular weight excluding hydrogens is 595 g/mol. The van der Waals surface area contributed by atoms with Gasteiger partial charge in [0, 0.05) is 60.7 Å². The summed E-state index contributed by atoms with van der Waals surface area (Å²) in [7, 11) is 4.04. The largest absolute Gasteiger partial charge is 0.477 e. The van der Waals surface area contributed by atoms with Gasteiger partial charge >= 0.3 is 5.97 Å². The summed E-state index contributed by atoms with van der Waals surface area (Å²) in [6, 6.07) is 20.7. The quantitative estimate of drug-likeness (QED) is 0.158. The monoisotopic (exact) mass is 616 g/mol. The van der Waals surface area contributed by atoms with E-state index < -0.39 is 34.7 Å². The lowest BCUT2D eigenvalue weighted by Crippen LogP contribution is -2.07. The maximum atomic E-state index is 14.8. The molecule has 42 heavy (non-hydrogen) atoms. The summed E-state index contributed by atoms with van der Waals surface area (Å²) in [6.45, 7) is 0. The Balaban J connectivity index is 1.29. The SMILES string of the molecule is CN(C)c1ccc(/C=C/c2ccc(-c3ccc(-c4ccc(/C=C/C5=C(F)C(=C(/C#N)C(=O)O)/C=C(F)O5)s4)s3)s2)cc1. The van der Waals surface area contributed by atoms with Crippen LogP contribution in [0, 0.1) is 11.3 Å². The third kappa shape index (κ3) is 6.50. The summed E-state index contributed by atoms with van der Waals surface area (Å²) in [5.41, 5.74) is 0.713. The highest BCUT2D eigenvalue weighted by Gasteiger charge is 2.25. The molecule has 3 aromatic heterocycles. The second-order valence-corrected chi connectivity index (χ2v) is 12.5. The molecule has 0 radical (unpaired) electrons. The number of rotatable bonds is 8. The normalized spacial score (nSPS) is 14.7. The summed E-state index contributed by atoms with van der Waals surface area (Å²) in [5.74, 6) is -3.30. The third-order valence-corrected chi connectivity index (χ3v) is 9.68. The zero-order valence-corrected chi connectivity index (χ0v) is 24.7. The van der Waals surface area contributed by atoms with Crippen molar-refractivity contribution in [2.24, 2.45) is 0 Å².